The van der Waals surface area contributed by atoms with Crippen LogP contribution in [0.1, 0.15) is 54.4 Å². The van der Waals surface area contributed by atoms with Gasteiger partial charge in [0.25, 0.3) is 0 Å². The standard InChI is InChI=1S/C31H33N3O4/c32-25-13-17-27(18-14-25)34(31(37)38)29-20-22(12-19-28(29)24-7-2-1-3-8-24)6-4-5-9-30(36)33-26-15-10-23(21-35)11-16-26/h1-4,6-8,10-12,15-16,19-21,25,27H,5,9,13-14,17-18,32H2,(H,33,36)(H,37,38). The molecule has 0 heterocycles. The first-order valence-corrected chi connectivity index (χ1v) is 12.9. The quantitative estimate of drug-likeness (QED) is 0.290. The Labute approximate surface area is 223 Å². The Balaban J connectivity index is 1.50. The number of allylic oxidation sites excluding steroid dienone is 1. The average Bonchev–Trinajstić information content (AvgIpc) is 2.93. The summed E-state index contributed by atoms with van der Waals surface area (Å²) in [5, 5.41) is 13.1. The van der Waals surface area contributed by atoms with E-state index in [9.17, 15) is 19.5 Å². The van der Waals surface area contributed by atoms with Crippen molar-refractivity contribution in [2.45, 2.75) is 50.6 Å². The predicted molar refractivity (Wildman–Crippen MR) is 151 cm³/mol. The van der Waals surface area contributed by atoms with Crippen LogP contribution in [0, 0.1) is 0 Å². The second kappa shape index (κ2) is 12.8. The Morgan fingerprint density at radius 2 is 1.63 bits per heavy atom. The number of amides is 2. The molecule has 0 atom stereocenters. The number of benzene rings is 3. The number of carbonyl (C=O) groups is 3. The van der Waals surface area contributed by atoms with E-state index in [1.807, 2.05) is 60.7 Å². The van der Waals surface area contributed by atoms with Gasteiger partial charge in [0.1, 0.15) is 6.29 Å². The lowest BCUT2D eigenvalue weighted by atomic mass is 9.89. The molecule has 7 nitrogen and oxygen atoms in total. The molecule has 0 spiro atoms. The van der Waals surface area contributed by atoms with Gasteiger partial charge in [-0.25, -0.2) is 4.79 Å². The van der Waals surface area contributed by atoms with E-state index >= 15 is 0 Å². The molecule has 1 fully saturated rings. The van der Waals surface area contributed by atoms with Gasteiger partial charge in [-0.2, -0.15) is 0 Å². The molecule has 7 heteroatoms. The van der Waals surface area contributed by atoms with E-state index in [1.54, 1.807) is 24.3 Å². The summed E-state index contributed by atoms with van der Waals surface area (Å²) in [4.78, 5) is 37.1. The summed E-state index contributed by atoms with van der Waals surface area (Å²) in [5.74, 6) is -0.124. The molecule has 0 aromatic heterocycles. The van der Waals surface area contributed by atoms with Crippen molar-refractivity contribution in [3.05, 3.63) is 90.0 Å². The minimum Gasteiger partial charge on any atom is -0.465 e. The summed E-state index contributed by atoms with van der Waals surface area (Å²) in [6.45, 7) is 0. The van der Waals surface area contributed by atoms with E-state index in [4.69, 9.17) is 5.73 Å². The van der Waals surface area contributed by atoms with E-state index in [1.165, 1.54) is 4.90 Å². The fourth-order valence-electron chi connectivity index (χ4n) is 4.83. The second-order valence-electron chi connectivity index (χ2n) is 9.59. The molecule has 196 valence electrons. The Bertz CT molecular complexity index is 1280. The summed E-state index contributed by atoms with van der Waals surface area (Å²) < 4.78 is 0. The molecular weight excluding hydrogens is 478 g/mol. The number of hydrogen-bond acceptors (Lipinski definition) is 4. The highest BCUT2D eigenvalue weighted by molar-refractivity contribution is 5.94. The van der Waals surface area contributed by atoms with Crippen LogP contribution in [0.4, 0.5) is 16.2 Å². The Morgan fingerprint density at radius 1 is 0.947 bits per heavy atom. The van der Waals surface area contributed by atoms with Crippen molar-refractivity contribution in [1.82, 2.24) is 0 Å². The van der Waals surface area contributed by atoms with Crippen LogP contribution in [0.2, 0.25) is 0 Å². The van der Waals surface area contributed by atoms with E-state index in [0.29, 0.717) is 29.8 Å². The summed E-state index contributed by atoms with van der Waals surface area (Å²) >= 11 is 0. The summed E-state index contributed by atoms with van der Waals surface area (Å²) in [5.41, 5.74) is 10.6. The fraction of sp³-hybridized carbons (Fsp3) is 0.258. The van der Waals surface area contributed by atoms with Crippen LogP contribution in [0.25, 0.3) is 17.2 Å². The highest BCUT2D eigenvalue weighted by Crippen LogP contribution is 2.36. The first-order chi connectivity index (χ1) is 18.4. The van der Waals surface area contributed by atoms with Crippen LogP contribution in [0.3, 0.4) is 0 Å². The zero-order valence-corrected chi connectivity index (χ0v) is 21.3. The Hall–Kier alpha value is -4.23. The lowest BCUT2D eigenvalue weighted by Gasteiger charge is -2.35. The molecule has 38 heavy (non-hydrogen) atoms. The predicted octanol–water partition coefficient (Wildman–Crippen LogP) is 6.35. The van der Waals surface area contributed by atoms with E-state index in [-0.39, 0.29) is 18.0 Å². The van der Waals surface area contributed by atoms with Crippen molar-refractivity contribution in [3.63, 3.8) is 0 Å². The van der Waals surface area contributed by atoms with Gasteiger partial charge in [0.05, 0.1) is 5.69 Å². The molecule has 0 unspecified atom stereocenters. The molecule has 0 bridgehead atoms. The van der Waals surface area contributed by atoms with Gasteiger partial charge >= 0.3 is 6.09 Å². The molecule has 0 saturated heterocycles. The third kappa shape index (κ3) is 6.95. The molecule has 0 radical (unpaired) electrons. The Morgan fingerprint density at radius 3 is 2.29 bits per heavy atom. The lowest BCUT2D eigenvalue weighted by Crippen LogP contribution is -2.44. The fourth-order valence-corrected chi connectivity index (χ4v) is 4.83. The smallest absolute Gasteiger partial charge is 0.412 e. The van der Waals surface area contributed by atoms with E-state index in [2.05, 4.69) is 5.32 Å². The minimum atomic E-state index is -0.971. The first-order valence-electron chi connectivity index (χ1n) is 12.9. The maximum atomic E-state index is 12.5. The normalized spacial score (nSPS) is 17.2. The minimum absolute atomic E-state index is 0.123. The van der Waals surface area contributed by atoms with Gasteiger partial charge in [0, 0.05) is 35.3 Å². The highest BCUT2D eigenvalue weighted by atomic mass is 16.4. The molecule has 1 aliphatic rings. The zero-order valence-electron chi connectivity index (χ0n) is 21.3. The molecule has 1 saturated carbocycles. The van der Waals surface area contributed by atoms with Crippen molar-refractivity contribution in [2.24, 2.45) is 5.73 Å². The first kappa shape index (κ1) is 26.8. The second-order valence-corrected chi connectivity index (χ2v) is 9.59. The van der Waals surface area contributed by atoms with E-state index in [0.717, 1.165) is 48.7 Å². The molecular formula is C31H33N3O4. The van der Waals surface area contributed by atoms with E-state index < -0.39 is 6.09 Å². The van der Waals surface area contributed by atoms with Gasteiger partial charge < -0.3 is 16.2 Å². The van der Waals surface area contributed by atoms with Gasteiger partial charge in [0.15, 0.2) is 0 Å². The summed E-state index contributed by atoms with van der Waals surface area (Å²) in [7, 11) is 0. The monoisotopic (exact) mass is 511 g/mol. The van der Waals surface area contributed by atoms with Crippen molar-refractivity contribution in [2.75, 3.05) is 10.2 Å². The third-order valence-corrected chi connectivity index (χ3v) is 6.86. The maximum absolute atomic E-state index is 12.5. The number of nitrogens with zero attached hydrogens (tertiary/aromatic N) is 1. The molecule has 3 aromatic rings. The topological polar surface area (TPSA) is 113 Å². The van der Waals surface area contributed by atoms with Gasteiger partial charge in [-0.1, -0.05) is 54.6 Å². The Kier molecular flexibility index (Phi) is 9.06. The average molecular weight is 512 g/mol. The number of aldehydes is 1. The van der Waals surface area contributed by atoms with Crippen LogP contribution >= 0.6 is 0 Å². The van der Waals surface area contributed by atoms with Gasteiger partial charge in [-0.3, -0.25) is 14.5 Å². The molecule has 4 N–H and O–H groups in total. The number of nitrogens with one attached hydrogen (secondary N) is 1. The van der Waals surface area contributed by atoms with Crippen molar-refractivity contribution in [3.8, 4) is 11.1 Å². The van der Waals surface area contributed by atoms with Gasteiger partial charge in [-0.05, 0) is 73.6 Å². The van der Waals surface area contributed by atoms with Crippen LogP contribution < -0.4 is 16.0 Å². The number of hydrogen-bond donors (Lipinski definition) is 3. The molecule has 0 aliphatic heterocycles. The molecule has 4 rings (SSSR count). The molecule has 3 aromatic carbocycles. The summed E-state index contributed by atoms with van der Waals surface area (Å²) in [6, 6.07) is 22.3. The number of carboxylic acid groups (broad SMARTS) is 1. The number of carbonyl (C=O) groups excluding carboxylic acids is 2. The zero-order chi connectivity index (χ0) is 26.9. The van der Waals surface area contributed by atoms with Crippen molar-refractivity contribution >= 4 is 35.7 Å². The van der Waals surface area contributed by atoms with Gasteiger partial charge in [0.2, 0.25) is 5.91 Å². The maximum Gasteiger partial charge on any atom is 0.412 e. The van der Waals surface area contributed by atoms with Crippen LogP contribution in [-0.2, 0) is 4.79 Å². The highest BCUT2D eigenvalue weighted by Gasteiger charge is 2.30. The van der Waals surface area contributed by atoms with Crippen LogP contribution in [-0.4, -0.2) is 35.5 Å². The third-order valence-electron chi connectivity index (χ3n) is 6.86. The van der Waals surface area contributed by atoms with Crippen LogP contribution in [0.15, 0.2) is 78.9 Å². The molecule has 1 aliphatic carbocycles. The van der Waals surface area contributed by atoms with Crippen LogP contribution in [0.5, 0.6) is 0 Å². The summed E-state index contributed by atoms with van der Waals surface area (Å²) in [6.07, 6.45) is 7.51. The SMILES string of the molecule is NC1CCC(N(C(=O)O)c2cc(C=CCCC(=O)Nc3ccc(C=O)cc3)ccc2-c2ccccc2)CC1. The number of anilines is 2. The molecule has 2 amide bonds. The lowest BCUT2D eigenvalue weighted by molar-refractivity contribution is -0.116. The van der Waals surface area contributed by atoms with Gasteiger partial charge in [-0.15, -0.1) is 0 Å². The van der Waals surface area contributed by atoms with Crippen molar-refractivity contribution < 1.29 is 19.5 Å². The largest absolute Gasteiger partial charge is 0.465 e. The number of rotatable bonds is 9. The van der Waals surface area contributed by atoms with Crippen molar-refractivity contribution in [1.29, 1.82) is 0 Å². The number of nitrogens with two attached hydrogens (primary N) is 1.